The van der Waals surface area contributed by atoms with Crippen molar-refractivity contribution in [3.8, 4) is 5.88 Å². The van der Waals surface area contributed by atoms with Gasteiger partial charge < -0.3 is 21.1 Å². The Morgan fingerprint density at radius 3 is 2.65 bits per heavy atom. The van der Waals surface area contributed by atoms with Crippen LogP contribution in [-0.4, -0.2) is 36.0 Å². The molecule has 4 N–H and O–H groups in total. The molecule has 2 amide bonds. The monoisotopic (exact) mass is 364 g/mol. The molecule has 1 unspecified atom stereocenters. The maximum absolute atomic E-state index is 12.5. The summed E-state index contributed by atoms with van der Waals surface area (Å²) in [6.07, 6.45) is 3.91. The number of carbonyl (C=O) groups is 2. The SMILES string of the molecule is CCC1(C(=O)Nc2cnc(OC)c(C(N)=O)c2)CCCN1.Cl.Cl. The highest BCUT2D eigenvalue weighted by atomic mass is 35.5. The van der Waals surface area contributed by atoms with Crippen LogP contribution in [0.1, 0.15) is 36.5 Å². The van der Waals surface area contributed by atoms with Gasteiger partial charge in [-0.3, -0.25) is 9.59 Å². The molecule has 0 aliphatic carbocycles. The fraction of sp³-hybridized carbons (Fsp3) is 0.500. The van der Waals surface area contributed by atoms with Gasteiger partial charge in [0.25, 0.3) is 5.91 Å². The molecule has 2 heterocycles. The van der Waals surface area contributed by atoms with E-state index in [1.165, 1.54) is 19.4 Å². The van der Waals surface area contributed by atoms with Gasteiger partial charge in [-0.2, -0.15) is 0 Å². The molecule has 130 valence electrons. The third kappa shape index (κ3) is 4.46. The summed E-state index contributed by atoms with van der Waals surface area (Å²) in [5, 5.41) is 6.05. The molecule has 1 fully saturated rings. The number of pyridine rings is 1. The lowest BCUT2D eigenvalue weighted by molar-refractivity contribution is -0.122. The number of amides is 2. The van der Waals surface area contributed by atoms with E-state index in [0.717, 1.165) is 19.4 Å². The molecule has 0 radical (unpaired) electrons. The molecule has 0 aromatic carbocycles. The second kappa shape index (κ2) is 8.90. The summed E-state index contributed by atoms with van der Waals surface area (Å²) in [5.41, 5.74) is 5.30. The van der Waals surface area contributed by atoms with E-state index in [0.29, 0.717) is 12.1 Å². The predicted molar refractivity (Wildman–Crippen MR) is 92.7 cm³/mol. The molecule has 2 rings (SSSR count). The summed E-state index contributed by atoms with van der Waals surface area (Å²) in [6, 6.07) is 1.48. The Morgan fingerprint density at radius 1 is 1.48 bits per heavy atom. The van der Waals surface area contributed by atoms with Gasteiger partial charge in [0.2, 0.25) is 11.8 Å². The van der Waals surface area contributed by atoms with Crippen LogP contribution in [0.5, 0.6) is 5.88 Å². The number of hydrogen-bond donors (Lipinski definition) is 3. The van der Waals surface area contributed by atoms with Crippen LogP contribution in [0.2, 0.25) is 0 Å². The molecule has 1 atom stereocenters. The van der Waals surface area contributed by atoms with Gasteiger partial charge in [-0.05, 0) is 31.9 Å². The van der Waals surface area contributed by atoms with Crippen LogP contribution in [-0.2, 0) is 4.79 Å². The number of nitrogens with zero attached hydrogens (tertiary/aromatic N) is 1. The van der Waals surface area contributed by atoms with Crippen molar-refractivity contribution in [2.45, 2.75) is 31.7 Å². The van der Waals surface area contributed by atoms with E-state index in [-0.39, 0.29) is 42.2 Å². The van der Waals surface area contributed by atoms with Crippen LogP contribution in [0.15, 0.2) is 12.3 Å². The smallest absolute Gasteiger partial charge is 0.254 e. The number of carbonyl (C=O) groups excluding carboxylic acids is 2. The highest BCUT2D eigenvalue weighted by Crippen LogP contribution is 2.26. The lowest BCUT2D eigenvalue weighted by Crippen LogP contribution is -2.50. The van der Waals surface area contributed by atoms with E-state index in [9.17, 15) is 9.59 Å². The van der Waals surface area contributed by atoms with Crippen LogP contribution < -0.4 is 21.1 Å². The number of hydrogen-bond acceptors (Lipinski definition) is 5. The van der Waals surface area contributed by atoms with E-state index in [1.54, 1.807) is 0 Å². The average Bonchev–Trinajstić information content (AvgIpc) is 2.97. The van der Waals surface area contributed by atoms with Crippen molar-refractivity contribution in [3.05, 3.63) is 17.8 Å². The van der Waals surface area contributed by atoms with Gasteiger partial charge in [-0.15, -0.1) is 24.8 Å². The molecule has 1 aromatic heterocycles. The number of primary amides is 1. The molecule has 1 aliphatic heterocycles. The van der Waals surface area contributed by atoms with E-state index in [2.05, 4.69) is 15.6 Å². The number of methoxy groups -OCH3 is 1. The summed E-state index contributed by atoms with van der Waals surface area (Å²) in [5.74, 6) is -0.630. The van der Waals surface area contributed by atoms with Gasteiger partial charge in [-0.1, -0.05) is 6.92 Å². The summed E-state index contributed by atoms with van der Waals surface area (Å²) < 4.78 is 4.97. The number of halogens is 2. The molecule has 0 spiro atoms. The zero-order chi connectivity index (χ0) is 15.5. The average molecular weight is 365 g/mol. The summed E-state index contributed by atoms with van der Waals surface area (Å²) >= 11 is 0. The van der Waals surface area contributed by atoms with Gasteiger partial charge in [0, 0.05) is 0 Å². The second-order valence-electron chi connectivity index (χ2n) is 5.07. The highest BCUT2D eigenvalue weighted by Gasteiger charge is 2.39. The van der Waals surface area contributed by atoms with Crippen LogP contribution in [0, 0.1) is 0 Å². The topological polar surface area (TPSA) is 106 Å². The fourth-order valence-corrected chi connectivity index (χ4v) is 2.57. The van der Waals surface area contributed by atoms with Crippen molar-refractivity contribution in [1.82, 2.24) is 10.3 Å². The van der Waals surface area contributed by atoms with Crippen molar-refractivity contribution < 1.29 is 14.3 Å². The first-order chi connectivity index (χ1) is 10.0. The minimum absolute atomic E-state index is 0. The third-order valence-electron chi connectivity index (χ3n) is 3.85. The predicted octanol–water partition coefficient (Wildman–Crippen LogP) is 1.50. The standard InChI is InChI=1S/C14H20N4O3.2ClH/c1-3-14(5-4-6-17-14)13(20)18-9-7-10(11(15)19)12(21-2)16-8-9;;/h7-8,17H,3-6H2,1-2H3,(H2,15,19)(H,18,20);2*1H. The maximum atomic E-state index is 12.5. The van der Waals surface area contributed by atoms with Gasteiger partial charge in [0.05, 0.1) is 24.5 Å². The number of anilines is 1. The molecular weight excluding hydrogens is 343 g/mol. The third-order valence-corrected chi connectivity index (χ3v) is 3.85. The van der Waals surface area contributed by atoms with Crippen molar-refractivity contribution in [2.75, 3.05) is 19.0 Å². The Kier molecular flexibility index (Phi) is 8.30. The summed E-state index contributed by atoms with van der Waals surface area (Å²) in [6.45, 7) is 2.80. The lowest BCUT2D eigenvalue weighted by atomic mass is 9.93. The molecule has 0 saturated carbocycles. The Bertz CT molecular complexity index is 563. The molecule has 7 nitrogen and oxygen atoms in total. The number of ether oxygens (including phenoxy) is 1. The summed E-state index contributed by atoms with van der Waals surface area (Å²) in [4.78, 5) is 27.8. The molecule has 0 bridgehead atoms. The highest BCUT2D eigenvalue weighted by molar-refractivity contribution is 6.00. The molecule has 9 heteroatoms. The Labute approximate surface area is 147 Å². The normalized spacial score (nSPS) is 19.2. The minimum Gasteiger partial charge on any atom is -0.480 e. The van der Waals surface area contributed by atoms with E-state index < -0.39 is 11.4 Å². The molecule has 23 heavy (non-hydrogen) atoms. The Balaban J connectivity index is 0.00000242. The number of rotatable bonds is 5. The molecule has 1 saturated heterocycles. The van der Waals surface area contributed by atoms with E-state index in [1.807, 2.05) is 6.92 Å². The van der Waals surface area contributed by atoms with E-state index >= 15 is 0 Å². The maximum Gasteiger partial charge on any atom is 0.254 e. The van der Waals surface area contributed by atoms with Crippen molar-refractivity contribution in [2.24, 2.45) is 5.73 Å². The van der Waals surface area contributed by atoms with Crippen LogP contribution in [0.3, 0.4) is 0 Å². The van der Waals surface area contributed by atoms with Crippen LogP contribution >= 0.6 is 24.8 Å². The van der Waals surface area contributed by atoms with Crippen molar-refractivity contribution in [1.29, 1.82) is 0 Å². The van der Waals surface area contributed by atoms with Gasteiger partial charge in [0.1, 0.15) is 5.56 Å². The van der Waals surface area contributed by atoms with E-state index in [4.69, 9.17) is 10.5 Å². The molecular formula is C14H22Cl2N4O3. The first kappa shape index (κ1) is 21.4. The first-order valence-electron chi connectivity index (χ1n) is 6.92. The fourth-order valence-electron chi connectivity index (χ4n) is 2.57. The van der Waals surface area contributed by atoms with Gasteiger partial charge in [0.15, 0.2) is 0 Å². The Morgan fingerprint density at radius 2 is 2.17 bits per heavy atom. The minimum atomic E-state index is -0.653. The largest absolute Gasteiger partial charge is 0.480 e. The second-order valence-corrected chi connectivity index (χ2v) is 5.07. The Hall–Kier alpha value is -1.57. The number of nitrogens with one attached hydrogen (secondary N) is 2. The lowest BCUT2D eigenvalue weighted by Gasteiger charge is -2.26. The van der Waals surface area contributed by atoms with Crippen molar-refractivity contribution >= 4 is 42.3 Å². The summed E-state index contributed by atoms with van der Waals surface area (Å²) in [7, 11) is 1.40. The number of nitrogens with two attached hydrogens (primary N) is 1. The zero-order valence-corrected chi connectivity index (χ0v) is 14.7. The first-order valence-corrected chi connectivity index (χ1v) is 6.92. The van der Waals surface area contributed by atoms with Gasteiger partial charge in [-0.25, -0.2) is 4.98 Å². The van der Waals surface area contributed by atoms with Crippen molar-refractivity contribution in [3.63, 3.8) is 0 Å². The van der Waals surface area contributed by atoms with Crippen LogP contribution in [0.25, 0.3) is 0 Å². The quantitative estimate of drug-likeness (QED) is 0.733. The van der Waals surface area contributed by atoms with Crippen LogP contribution in [0.4, 0.5) is 5.69 Å². The zero-order valence-electron chi connectivity index (χ0n) is 13.0. The number of aromatic nitrogens is 1. The van der Waals surface area contributed by atoms with Gasteiger partial charge >= 0.3 is 0 Å². The molecule has 1 aromatic rings. The molecule has 1 aliphatic rings.